The molecule has 2 heterocycles. The number of pyridine rings is 2. The second-order valence-electron chi connectivity index (χ2n) is 4.76. The molecule has 0 N–H and O–H groups in total. The van der Waals surface area contributed by atoms with Crippen LogP contribution in [-0.4, -0.2) is 28.0 Å². The van der Waals surface area contributed by atoms with Gasteiger partial charge in [-0.15, -0.1) is 0 Å². The van der Waals surface area contributed by atoms with Crippen LogP contribution in [0.5, 0.6) is 11.6 Å². The number of carbonyl (C=O) groups excluding carboxylic acids is 1. The molecule has 0 bridgehead atoms. The standard InChI is InChI=1S/C16H11N3O5/c1-23-16(20)11-8-14(19(21)22)15(18-9-11)24-12-4-5-13-10(7-12)3-2-6-17-13/h2-9H,1H3. The van der Waals surface area contributed by atoms with E-state index in [4.69, 9.17) is 4.74 Å². The van der Waals surface area contributed by atoms with Gasteiger partial charge in [-0.3, -0.25) is 15.1 Å². The molecule has 8 nitrogen and oxygen atoms in total. The molecule has 0 fully saturated rings. The van der Waals surface area contributed by atoms with Gasteiger partial charge in [-0.25, -0.2) is 9.78 Å². The summed E-state index contributed by atoms with van der Waals surface area (Å²) in [6, 6.07) is 9.75. The topological polar surface area (TPSA) is 104 Å². The fourth-order valence-electron chi connectivity index (χ4n) is 2.11. The van der Waals surface area contributed by atoms with Crippen LogP contribution >= 0.6 is 0 Å². The Morgan fingerprint density at radius 3 is 2.79 bits per heavy atom. The second-order valence-corrected chi connectivity index (χ2v) is 4.76. The molecular formula is C16H11N3O5. The van der Waals surface area contributed by atoms with Crippen molar-refractivity contribution in [3.05, 3.63) is 64.5 Å². The SMILES string of the molecule is COC(=O)c1cnc(Oc2ccc3ncccc3c2)c([N+](=O)[O-])c1. The van der Waals surface area contributed by atoms with E-state index in [1.54, 1.807) is 30.5 Å². The molecular weight excluding hydrogens is 314 g/mol. The van der Waals surface area contributed by atoms with Crippen LogP contribution in [0.2, 0.25) is 0 Å². The van der Waals surface area contributed by atoms with Crippen molar-refractivity contribution in [3.8, 4) is 11.6 Å². The molecule has 8 heteroatoms. The lowest BCUT2D eigenvalue weighted by Gasteiger charge is -2.07. The van der Waals surface area contributed by atoms with E-state index < -0.39 is 16.6 Å². The number of nitrogens with zero attached hydrogens (tertiary/aromatic N) is 3. The van der Waals surface area contributed by atoms with Gasteiger partial charge in [0.25, 0.3) is 5.88 Å². The molecule has 3 aromatic rings. The first kappa shape index (κ1) is 15.3. The maximum absolute atomic E-state index is 11.5. The third-order valence-electron chi connectivity index (χ3n) is 3.24. The highest BCUT2D eigenvalue weighted by molar-refractivity contribution is 5.90. The van der Waals surface area contributed by atoms with Gasteiger partial charge in [-0.05, 0) is 24.3 Å². The third-order valence-corrected chi connectivity index (χ3v) is 3.24. The first-order valence-electron chi connectivity index (χ1n) is 6.84. The molecule has 0 saturated heterocycles. The van der Waals surface area contributed by atoms with Crippen molar-refractivity contribution in [2.75, 3.05) is 7.11 Å². The van der Waals surface area contributed by atoms with Crippen LogP contribution < -0.4 is 4.74 Å². The summed E-state index contributed by atoms with van der Waals surface area (Å²) in [4.78, 5) is 30.1. The zero-order valence-electron chi connectivity index (χ0n) is 12.5. The lowest BCUT2D eigenvalue weighted by atomic mass is 10.2. The number of ether oxygens (including phenoxy) is 2. The first-order chi connectivity index (χ1) is 11.6. The predicted octanol–water partition coefficient (Wildman–Crippen LogP) is 3.12. The highest BCUT2D eigenvalue weighted by Crippen LogP contribution is 2.31. The Balaban J connectivity index is 1.98. The number of methoxy groups -OCH3 is 1. The summed E-state index contributed by atoms with van der Waals surface area (Å²) >= 11 is 0. The lowest BCUT2D eigenvalue weighted by molar-refractivity contribution is -0.386. The van der Waals surface area contributed by atoms with E-state index in [-0.39, 0.29) is 11.4 Å². The van der Waals surface area contributed by atoms with Gasteiger partial charge in [0.15, 0.2) is 0 Å². The minimum Gasteiger partial charge on any atom is -0.465 e. The summed E-state index contributed by atoms with van der Waals surface area (Å²) in [6.07, 6.45) is 2.83. The van der Waals surface area contributed by atoms with E-state index in [9.17, 15) is 14.9 Å². The number of hydrogen-bond donors (Lipinski definition) is 0. The van der Waals surface area contributed by atoms with Crippen LogP contribution in [0.3, 0.4) is 0 Å². The van der Waals surface area contributed by atoms with Gasteiger partial charge in [-0.2, -0.15) is 0 Å². The van der Waals surface area contributed by atoms with Gasteiger partial charge < -0.3 is 9.47 Å². The molecule has 1 aromatic carbocycles. The number of carbonyl (C=O) groups is 1. The van der Waals surface area contributed by atoms with E-state index in [1.807, 2.05) is 6.07 Å². The molecule has 0 saturated carbocycles. The van der Waals surface area contributed by atoms with Crippen molar-refractivity contribution in [2.45, 2.75) is 0 Å². The van der Waals surface area contributed by atoms with Gasteiger partial charge in [-0.1, -0.05) is 6.07 Å². The maximum Gasteiger partial charge on any atom is 0.339 e. The molecule has 0 unspecified atom stereocenters. The molecule has 3 rings (SSSR count). The van der Waals surface area contributed by atoms with Gasteiger partial charge >= 0.3 is 11.7 Å². The van der Waals surface area contributed by atoms with Gasteiger partial charge in [0.1, 0.15) is 5.75 Å². The predicted molar refractivity (Wildman–Crippen MR) is 84.0 cm³/mol. The molecule has 0 aliphatic heterocycles. The van der Waals surface area contributed by atoms with Crippen molar-refractivity contribution in [1.82, 2.24) is 9.97 Å². The number of benzene rings is 1. The van der Waals surface area contributed by atoms with Crippen LogP contribution in [-0.2, 0) is 4.74 Å². The average molecular weight is 325 g/mol. The van der Waals surface area contributed by atoms with E-state index in [0.717, 1.165) is 23.2 Å². The number of nitro groups is 1. The quantitative estimate of drug-likeness (QED) is 0.412. The second kappa shape index (κ2) is 6.29. The van der Waals surface area contributed by atoms with E-state index in [0.29, 0.717) is 5.75 Å². The zero-order chi connectivity index (χ0) is 17.1. The lowest BCUT2D eigenvalue weighted by Crippen LogP contribution is -2.04. The van der Waals surface area contributed by atoms with Crippen molar-refractivity contribution >= 4 is 22.6 Å². The molecule has 0 amide bonds. The summed E-state index contributed by atoms with van der Waals surface area (Å²) < 4.78 is 10.0. The largest absolute Gasteiger partial charge is 0.465 e. The number of aromatic nitrogens is 2. The van der Waals surface area contributed by atoms with Crippen LogP contribution in [0.15, 0.2) is 48.8 Å². The molecule has 0 spiro atoms. The molecule has 24 heavy (non-hydrogen) atoms. The van der Waals surface area contributed by atoms with Gasteiger partial charge in [0, 0.05) is 23.8 Å². The monoisotopic (exact) mass is 325 g/mol. The van der Waals surface area contributed by atoms with Gasteiger partial charge in [0.2, 0.25) is 0 Å². The molecule has 120 valence electrons. The van der Waals surface area contributed by atoms with Crippen LogP contribution in [0, 0.1) is 10.1 Å². The number of hydrogen-bond acceptors (Lipinski definition) is 7. The minimum absolute atomic E-state index is 0.0285. The van der Waals surface area contributed by atoms with Crippen molar-refractivity contribution in [2.24, 2.45) is 0 Å². The number of rotatable bonds is 4. The number of fused-ring (bicyclic) bond motifs is 1. The highest BCUT2D eigenvalue weighted by atomic mass is 16.6. The summed E-state index contributed by atoms with van der Waals surface area (Å²) in [5.74, 6) is -0.554. The van der Waals surface area contributed by atoms with Crippen LogP contribution in [0.25, 0.3) is 10.9 Å². The Bertz CT molecular complexity index is 942. The highest BCUT2D eigenvalue weighted by Gasteiger charge is 2.21. The zero-order valence-corrected chi connectivity index (χ0v) is 12.5. The van der Waals surface area contributed by atoms with Crippen LogP contribution in [0.4, 0.5) is 5.69 Å². The first-order valence-corrected chi connectivity index (χ1v) is 6.84. The fraction of sp³-hybridized carbons (Fsp3) is 0.0625. The Kier molecular flexibility index (Phi) is 4.02. The van der Waals surface area contributed by atoms with Crippen molar-refractivity contribution in [3.63, 3.8) is 0 Å². The van der Waals surface area contributed by atoms with E-state index >= 15 is 0 Å². The van der Waals surface area contributed by atoms with Crippen molar-refractivity contribution < 1.29 is 19.2 Å². The Morgan fingerprint density at radius 2 is 2.04 bits per heavy atom. The summed E-state index contributed by atoms with van der Waals surface area (Å²) in [7, 11) is 1.18. The Labute approximate surface area is 135 Å². The van der Waals surface area contributed by atoms with Crippen molar-refractivity contribution in [1.29, 1.82) is 0 Å². The molecule has 0 aliphatic carbocycles. The minimum atomic E-state index is -0.714. The molecule has 2 aromatic heterocycles. The summed E-state index contributed by atoms with van der Waals surface area (Å²) in [6.45, 7) is 0. The van der Waals surface area contributed by atoms with E-state index in [1.165, 1.54) is 7.11 Å². The third kappa shape index (κ3) is 2.98. The average Bonchev–Trinajstić information content (AvgIpc) is 2.61. The summed E-state index contributed by atoms with van der Waals surface area (Å²) in [5.41, 5.74) is 0.316. The summed E-state index contributed by atoms with van der Waals surface area (Å²) in [5, 5.41) is 12.0. The molecule has 0 aliphatic rings. The molecule has 0 radical (unpaired) electrons. The Hall–Kier alpha value is -3.55. The Morgan fingerprint density at radius 1 is 1.21 bits per heavy atom. The smallest absolute Gasteiger partial charge is 0.339 e. The normalized spacial score (nSPS) is 10.4. The van der Waals surface area contributed by atoms with Gasteiger partial charge in [0.05, 0.1) is 23.1 Å². The van der Waals surface area contributed by atoms with Crippen LogP contribution in [0.1, 0.15) is 10.4 Å². The molecule has 0 atom stereocenters. The fourth-order valence-corrected chi connectivity index (χ4v) is 2.11. The van der Waals surface area contributed by atoms with E-state index in [2.05, 4.69) is 14.7 Å². The maximum atomic E-state index is 11.5. The number of esters is 1.